The van der Waals surface area contributed by atoms with Gasteiger partial charge in [-0.2, -0.15) is 0 Å². The van der Waals surface area contributed by atoms with Crippen LogP contribution in [-0.2, 0) is 0 Å². The highest BCUT2D eigenvalue weighted by Gasteiger charge is 2.22. The minimum Gasteiger partial charge on any atom is -0.296 e. The van der Waals surface area contributed by atoms with Gasteiger partial charge in [0, 0.05) is 18.4 Å². The normalized spacial score (nSPS) is 22.2. The number of aromatic nitrogens is 1. The molecule has 0 unspecified atom stereocenters. The van der Waals surface area contributed by atoms with Gasteiger partial charge in [-0.15, -0.1) is 0 Å². The Morgan fingerprint density at radius 1 is 1.44 bits per heavy atom. The molecule has 1 fully saturated rings. The van der Waals surface area contributed by atoms with Crippen LogP contribution in [0.4, 0.5) is 0 Å². The van der Waals surface area contributed by atoms with Crippen LogP contribution >= 0.6 is 0 Å². The van der Waals surface area contributed by atoms with Gasteiger partial charge < -0.3 is 0 Å². The molecule has 0 amide bonds. The molecule has 1 atom stereocenters. The summed E-state index contributed by atoms with van der Waals surface area (Å²) >= 11 is 0. The van der Waals surface area contributed by atoms with Gasteiger partial charge in [0.2, 0.25) is 0 Å². The number of hydrogen-bond acceptors (Lipinski definition) is 2. The molecule has 16 heavy (non-hydrogen) atoms. The van der Waals surface area contributed by atoms with Crippen LogP contribution in [0.5, 0.6) is 0 Å². The standard InChI is InChI=1S/C14H22N2/c1-2-3-10-16-11-5-4-8-14(16)13-7-6-9-15-12-13/h6-7,9,12,14H,2-5,8,10-11H2,1H3/t14-/m0/s1. The van der Waals surface area contributed by atoms with Crippen LogP contribution in [0.15, 0.2) is 24.5 Å². The van der Waals surface area contributed by atoms with Crippen molar-refractivity contribution in [3.8, 4) is 0 Å². The molecule has 0 radical (unpaired) electrons. The van der Waals surface area contributed by atoms with Crippen LogP contribution in [0.2, 0.25) is 0 Å². The molecule has 1 aliphatic heterocycles. The van der Waals surface area contributed by atoms with Gasteiger partial charge in [-0.25, -0.2) is 0 Å². The van der Waals surface area contributed by atoms with E-state index in [0.29, 0.717) is 6.04 Å². The molecule has 0 N–H and O–H groups in total. The van der Waals surface area contributed by atoms with E-state index in [1.807, 2.05) is 12.4 Å². The Kier molecular flexibility index (Phi) is 4.34. The molecule has 2 rings (SSSR count). The first-order chi connectivity index (χ1) is 7.92. The zero-order valence-corrected chi connectivity index (χ0v) is 10.2. The second-order valence-electron chi connectivity index (χ2n) is 4.69. The van der Waals surface area contributed by atoms with Gasteiger partial charge in [-0.3, -0.25) is 9.88 Å². The van der Waals surface area contributed by atoms with Crippen LogP contribution in [-0.4, -0.2) is 23.0 Å². The third-order valence-corrected chi connectivity index (χ3v) is 3.48. The summed E-state index contributed by atoms with van der Waals surface area (Å²) < 4.78 is 0. The fraction of sp³-hybridized carbons (Fsp3) is 0.643. The number of piperidine rings is 1. The van der Waals surface area contributed by atoms with E-state index in [1.54, 1.807) is 0 Å². The summed E-state index contributed by atoms with van der Waals surface area (Å²) in [6, 6.07) is 4.90. The number of nitrogens with zero attached hydrogens (tertiary/aromatic N) is 2. The van der Waals surface area contributed by atoms with E-state index >= 15 is 0 Å². The van der Waals surface area contributed by atoms with E-state index in [9.17, 15) is 0 Å². The fourth-order valence-corrected chi connectivity index (χ4v) is 2.57. The summed E-state index contributed by atoms with van der Waals surface area (Å²) in [5.41, 5.74) is 1.40. The monoisotopic (exact) mass is 218 g/mol. The van der Waals surface area contributed by atoms with Gasteiger partial charge in [-0.05, 0) is 44.0 Å². The average Bonchev–Trinajstić information content (AvgIpc) is 2.38. The zero-order valence-electron chi connectivity index (χ0n) is 10.2. The van der Waals surface area contributed by atoms with E-state index in [2.05, 4.69) is 28.9 Å². The predicted octanol–water partition coefficient (Wildman–Crippen LogP) is 3.41. The van der Waals surface area contributed by atoms with Crippen molar-refractivity contribution in [2.75, 3.05) is 13.1 Å². The summed E-state index contributed by atoms with van der Waals surface area (Å²) in [5, 5.41) is 0. The largest absolute Gasteiger partial charge is 0.296 e. The number of pyridine rings is 1. The van der Waals surface area contributed by atoms with Crippen molar-refractivity contribution in [2.45, 2.75) is 45.1 Å². The second kappa shape index (κ2) is 6.00. The molecule has 0 spiro atoms. The van der Waals surface area contributed by atoms with E-state index in [-0.39, 0.29) is 0 Å². The van der Waals surface area contributed by atoms with Crippen LogP contribution in [0.3, 0.4) is 0 Å². The molecule has 1 aliphatic rings. The predicted molar refractivity (Wildman–Crippen MR) is 67.3 cm³/mol. The number of rotatable bonds is 4. The maximum absolute atomic E-state index is 4.25. The highest BCUT2D eigenvalue weighted by Crippen LogP contribution is 2.30. The molecule has 1 aromatic rings. The highest BCUT2D eigenvalue weighted by molar-refractivity contribution is 5.14. The van der Waals surface area contributed by atoms with Crippen molar-refractivity contribution in [3.05, 3.63) is 30.1 Å². The van der Waals surface area contributed by atoms with Gasteiger partial charge in [0.15, 0.2) is 0 Å². The molecule has 1 aromatic heterocycles. The summed E-state index contributed by atoms with van der Waals surface area (Å²) in [6.07, 6.45) is 10.5. The smallest absolute Gasteiger partial charge is 0.0363 e. The summed E-state index contributed by atoms with van der Waals surface area (Å²) in [6.45, 7) is 4.78. The van der Waals surface area contributed by atoms with Crippen LogP contribution in [0.1, 0.15) is 50.6 Å². The summed E-state index contributed by atoms with van der Waals surface area (Å²) in [7, 11) is 0. The van der Waals surface area contributed by atoms with E-state index < -0.39 is 0 Å². The molecule has 88 valence electrons. The van der Waals surface area contributed by atoms with Crippen molar-refractivity contribution < 1.29 is 0 Å². The number of hydrogen-bond donors (Lipinski definition) is 0. The molecule has 2 heteroatoms. The minimum absolute atomic E-state index is 0.619. The van der Waals surface area contributed by atoms with Crippen molar-refractivity contribution in [2.24, 2.45) is 0 Å². The third-order valence-electron chi connectivity index (χ3n) is 3.48. The Morgan fingerprint density at radius 3 is 3.12 bits per heavy atom. The highest BCUT2D eigenvalue weighted by atomic mass is 15.2. The molecular formula is C14H22N2. The SMILES string of the molecule is CCCCN1CCCC[C@H]1c1cccnc1. The Hall–Kier alpha value is -0.890. The van der Waals surface area contributed by atoms with Gasteiger partial charge in [0.05, 0.1) is 0 Å². The van der Waals surface area contributed by atoms with Crippen LogP contribution in [0.25, 0.3) is 0 Å². The molecular weight excluding hydrogens is 196 g/mol. The maximum Gasteiger partial charge on any atom is 0.0363 e. The summed E-state index contributed by atoms with van der Waals surface area (Å²) in [5.74, 6) is 0. The lowest BCUT2D eigenvalue weighted by Gasteiger charge is -2.35. The molecule has 0 aromatic carbocycles. The molecule has 1 saturated heterocycles. The van der Waals surface area contributed by atoms with Crippen molar-refractivity contribution in [3.63, 3.8) is 0 Å². The van der Waals surface area contributed by atoms with Gasteiger partial charge in [0.1, 0.15) is 0 Å². The van der Waals surface area contributed by atoms with Crippen molar-refractivity contribution in [1.82, 2.24) is 9.88 Å². The van der Waals surface area contributed by atoms with E-state index in [1.165, 1.54) is 50.8 Å². The first-order valence-electron chi connectivity index (χ1n) is 6.56. The lowest BCUT2D eigenvalue weighted by molar-refractivity contribution is 0.146. The van der Waals surface area contributed by atoms with Gasteiger partial charge in [-0.1, -0.05) is 25.8 Å². The van der Waals surface area contributed by atoms with E-state index in [0.717, 1.165) is 0 Å². The van der Waals surface area contributed by atoms with Gasteiger partial charge >= 0.3 is 0 Å². The number of unbranched alkanes of at least 4 members (excludes halogenated alkanes) is 1. The first kappa shape index (κ1) is 11.6. The molecule has 0 bridgehead atoms. The zero-order chi connectivity index (χ0) is 11.2. The number of likely N-dealkylation sites (tertiary alicyclic amines) is 1. The lowest BCUT2D eigenvalue weighted by atomic mass is 9.96. The quantitative estimate of drug-likeness (QED) is 0.770. The average molecular weight is 218 g/mol. The summed E-state index contributed by atoms with van der Waals surface area (Å²) in [4.78, 5) is 6.89. The topological polar surface area (TPSA) is 16.1 Å². The molecule has 2 nitrogen and oxygen atoms in total. The van der Waals surface area contributed by atoms with Crippen LogP contribution in [0, 0.1) is 0 Å². The fourth-order valence-electron chi connectivity index (χ4n) is 2.57. The van der Waals surface area contributed by atoms with Crippen molar-refractivity contribution >= 4 is 0 Å². The first-order valence-corrected chi connectivity index (χ1v) is 6.56. The Balaban J connectivity index is 2.04. The molecule has 0 aliphatic carbocycles. The van der Waals surface area contributed by atoms with Gasteiger partial charge in [0.25, 0.3) is 0 Å². The lowest BCUT2D eigenvalue weighted by Crippen LogP contribution is -2.34. The molecule has 2 heterocycles. The third kappa shape index (κ3) is 2.82. The van der Waals surface area contributed by atoms with Crippen LogP contribution < -0.4 is 0 Å². The second-order valence-corrected chi connectivity index (χ2v) is 4.69. The van der Waals surface area contributed by atoms with Crippen molar-refractivity contribution in [1.29, 1.82) is 0 Å². The Labute approximate surface area is 98.7 Å². The molecule has 0 saturated carbocycles. The maximum atomic E-state index is 4.25. The minimum atomic E-state index is 0.619. The Morgan fingerprint density at radius 2 is 2.38 bits per heavy atom. The van der Waals surface area contributed by atoms with E-state index in [4.69, 9.17) is 0 Å². The Bertz CT molecular complexity index is 297.